The molecule has 27 heavy (non-hydrogen) atoms. The van der Waals surface area contributed by atoms with Crippen molar-refractivity contribution in [3.63, 3.8) is 0 Å². The van der Waals surface area contributed by atoms with Gasteiger partial charge in [0, 0.05) is 18.5 Å². The largest absolute Gasteiger partial charge is 0.481 e. The van der Waals surface area contributed by atoms with Gasteiger partial charge in [-0.3, -0.25) is 19.2 Å². The summed E-state index contributed by atoms with van der Waals surface area (Å²) in [5, 5.41) is 18.3. The monoisotopic (exact) mass is 400 g/mol. The van der Waals surface area contributed by atoms with E-state index >= 15 is 0 Å². The van der Waals surface area contributed by atoms with Gasteiger partial charge in [0.15, 0.2) is 0 Å². The van der Waals surface area contributed by atoms with Crippen molar-refractivity contribution in [1.82, 2.24) is 10.6 Å². The van der Waals surface area contributed by atoms with Crippen LogP contribution < -0.4 is 21.5 Å². The number of rotatable bonds is 10. The first-order chi connectivity index (χ1) is 12.5. The van der Waals surface area contributed by atoms with E-state index in [1.807, 2.05) is 0 Å². The number of carboxylic acid groups (broad SMARTS) is 1. The quantitative estimate of drug-likeness (QED) is 0.308. The lowest BCUT2D eigenvalue weighted by Gasteiger charge is -2.18. The van der Waals surface area contributed by atoms with E-state index in [9.17, 15) is 27.6 Å². The molecule has 11 nitrogen and oxygen atoms in total. The first kappa shape index (κ1) is 22.1. The maximum absolute atomic E-state index is 12.3. The lowest BCUT2D eigenvalue weighted by atomic mass is 10.1. The second-order valence-electron chi connectivity index (χ2n) is 5.54. The number of sulfonamides is 1. The van der Waals surface area contributed by atoms with Crippen molar-refractivity contribution in [1.29, 1.82) is 0 Å². The Kier molecular flexibility index (Phi) is 7.87. The van der Waals surface area contributed by atoms with Gasteiger partial charge in [-0.15, -0.1) is 0 Å². The van der Waals surface area contributed by atoms with Crippen LogP contribution in [-0.2, 0) is 24.4 Å². The van der Waals surface area contributed by atoms with E-state index in [-0.39, 0.29) is 36.3 Å². The van der Waals surface area contributed by atoms with Gasteiger partial charge >= 0.3 is 5.97 Å². The van der Waals surface area contributed by atoms with Gasteiger partial charge in [-0.05, 0) is 30.7 Å². The van der Waals surface area contributed by atoms with Crippen molar-refractivity contribution < 1.29 is 32.7 Å². The minimum Gasteiger partial charge on any atom is -0.481 e. The van der Waals surface area contributed by atoms with Crippen molar-refractivity contribution in [2.45, 2.75) is 30.2 Å². The van der Waals surface area contributed by atoms with E-state index in [0.717, 1.165) is 12.1 Å². The van der Waals surface area contributed by atoms with Crippen LogP contribution in [0.3, 0.4) is 0 Å². The van der Waals surface area contributed by atoms with Crippen LogP contribution in [0.15, 0.2) is 29.2 Å². The van der Waals surface area contributed by atoms with Crippen LogP contribution >= 0.6 is 0 Å². The lowest BCUT2D eigenvalue weighted by molar-refractivity contribution is -0.137. The fourth-order valence-corrected chi connectivity index (χ4v) is 2.52. The first-order valence-corrected chi connectivity index (χ1v) is 9.27. The number of nitrogens with one attached hydrogen (secondary N) is 2. The van der Waals surface area contributed by atoms with Gasteiger partial charge in [-0.25, -0.2) is 13.6 Å². The highest BCUT2D eigenvalue weighted by atomic mass is 32.2. The van der Waals surface area contributed by atoms with Crippen LogP contribution in [0.5, 0.6) is 0 Å². The van der Waals surface area contributed by atoms with Crippen molar-refractivity contribution in [3.05, 3.63) is 29.8 Å². The molecule has 7 N–H and O–H groups in total. The smallest absolute Gasteiger partial charge is 0.305 e. The molecule has 0 aromatic heterocycles. The molecule has 0 spiro atoms. The Bertz CT molecular complexity index is 821. The van der Waals surface area contributed by atoms with Gasteiger partial charge in [0.25, 0.3) is 5.91 Å². The Morgan fingerprint density at radius 2 is 1.67 bits per heavy atom. The summed E-state index contributed by atoms with van der Waals surface area (Å²) in [5.41, 5.74) is 5.11. The van der Waals surface area contributed by atoms with E-state index in [1.54, 1.807) is 0 Å². The number of carboxylic acids is 1. The van der Waals surface area contributed by atoms with Crippen LogP contribution in [0.25, 0.3) is 0 Å². The maximum Gasteiger partial charge on any atom is 0.305 e. The molecule has 0 aliphatic rings. The molecule has 0 aliphatic carbocycles. The summed E-state index contributed by atoms with van der Waals surface area (Å²) in [7, 11) is -3.91. The highest BCUT2D eigenvalue weighted by Gasteiger charge is 2.22. The fraction of sp³-hybridized carbons (Fsp3) is 0.333. The standard InChI is InChI=1S/C15H20N4O7S/c16-12(20)6-5-11(15(24)18-8-7-13(21)22)19-14(23)9-1-3-10(4-2-9)27(17,25)26/h1-4,11H,5-8H2,(H2,16,20)(H,18,24)(H,19,23)(H,21,22)(H2,17,25,26)/t11-/m0/s1. The molecule has 0 saturated carbocycles. The van der Waals surface area contributed by atoms with Crippen LogP contribution in [0.1, 0.15) is 29.6 Å². The first-order valence-electron chi connectivity index (χ1n) is 7.72. The molecule has 0 fully saturated rings. The van der Waals surface area contributed by atoms with Crippen LogP contribution in [0, 0.1) is 0 Å². The van der Waals surface area contributed by atoms with Gasteiger partial charge in [-0.2, -0.15) is 0 Å². The molecular formula is C15H20N4O7S. The van der Waals surface area contributed by atoms with Crippen molar-refractivity contribution >= 4 is 33.7 Å². The minimum absolute atomic E-state index is 0.0600. The second-order valence-corrected chi connectivity index (χ2v) is 7.10. The molecule has 0 radical (unpaired) electrons. The summed E-state index contributed by atoms with van der Waals surface area (Å²) in [6, 6.07) is 3.56. The zero-order chi connectivity index (χ0) is 20.6. The number of primary sulfonamides is 1. The molecule has 0 heterocycles. The molecule has 1 atom stereocenters. The maximum atomic E-state index is 12.3. The number of hydrogen-bond acceptors (Lipinski definition) is 6. The Balaban J connectivity index is 2.83. The average Bonchev–Trinajstić information content (AvgIpc) is 2.57. The normalized spacial score (nSPS) is 12.0. The third-order valence-electron chi connectivity index (χ3n) is 3.38. The summed E-state index contributed by atoms with van der Waals surface area (Å²) in [6.07, 6.45) is -0.575. The predicted molar refractivity (Wildman–Crippen MR) is 92.8 cm³/mol. The van der Waals surface area contributed by atoms with E-state index in [2.05, 4.69) is 10.6 Å². The van der Waals surface area contributed by atoms with Gasteiger partial charge in [0.05, 0.1) is 11.3 Å². The van der Waals surface area contributed by atoms with Gasteiger partial charge in [0.2, 0.25) is 21.8 Å². The SMILES string of the molecule is NC(=O)CC[C@H](NC(=O)c1ccc(S(N)(=O)=O)cc1)C(=O)NCCC(=O)O. The molecule has 0 unspecified atom stereocenters. The summed E-state index contributed by atoms with van der Waals surface area (Å²) in [4.78, 5) is 45.6. The van der Waals surface area contributed by atoms with Gasteiger partial charge < -0.3 is 21.5 Å². The number of amides is 3. The predicted octanol–water partition coefficient (Wildman–Crippen LogP) is -1.71. The summed E-state index contributed by atoms with van der Waals surface area (Å²) < 4.78 is 22.4. The average molecular weight is 400 g/mol. The van der Waals surface area contributed by atoms with E-state index < -0.39 is 39.8 Å². The Morgan fingerprint density at radius 3 is 2.15 bits per heavy atom. The molecule has 0 saturated heterocycles. The summed E-state index contributed by atoms with van der Waals surface area (Å²) in [5.74, 6) is -3.15. The highest BCUT2D eigenvalue weighted by molar-refractivity contribution is 7.89. The number of primary amides is 1. The fourth-order valence-electron chi connectivity index (χ4n) is 2.01. The molecule has 3 amide bonds. The molecule has 1 aromatic carbocycles. The van der Waals surface area contributed by atoms with Gasteiger partial charge in [-0.1, -0.05) is 0 Å². The number of nitrogens with two attached hydrogens (primary N) is 2. The van der Waals surface area contributed by atoms with Crippen LogP contribution in [0.4, 0.5) is 0 Å². The van der Waals surface area contributed by atoms with Crippen molar-refractivity contribution in [2.24, 2.45) is 10.9 Å². The van der Waals surface area contributed by atoms with E-state index in [0.29, 0.717) is 0 Å². The Hall–Kier alpha value is -2.99. The molecule has 1 rings (SSSR count). The third-order valence-corrected chi connectivity index (χ3v) is 4.31. The van der Waals surface area contributed by atoms with E-state index in [4.69, 9.17) is 16.0 Å². The van der Waals surface area contributed by atoms with Crippen molar-refractivity contribution in [3.8, 4) is 0 Å². The number of benzene rings is 1. The summed E-state index contributed by atoms with van der Waals surface area (Å²) >= 11 is 0. The zero-order valence-electron chi connectivity index (χ0n) is 14.2. The molecule has 0 aliphatic heterocycles. The highest BCUT2D eigenvalue weighted by Crippen LogP contribution is 2.09. The molecule has 12 heteroatoms. The van der Waals surface area contributed by atoms with E-state index in [1.165, 1.54) is 12.1 Å². The molecule has 148 valence electrons. The Labute approximate surface area is 155 Å². The molecular weight excluding hydrogens is 380 g/mol. The lowest BCUT2D eigenvalue weighted by Crippen LogP contribution is -2.47. The topological polar surface area (TPSA) is 199 Å². The number of carbonyl (C=O) groups is 4. The van der Waals surface area contributed by atoms with Crippen molar-refractivity contribution in [2.75, 3.05) is 6.54 Å². The molecule has 1 aromatic rings. The van der Waals surface area contributed by atoms with Gasteiger partial charge in [0.1, 0.15) is 6.04 Å². The minimum atomic E-state index is -3.91. The Morgan fingerprint density at radius 1 is 1.07 bits per heavy atom. The molecule has 0 bridgehead atoms. The zero-order valence-corrected chi connectivity index (χ0v) is 15.0. The number of hydrogen-bond donors (Lipinski definition) is 5. The number of aliphatic carboxylic acids is 1. The summed E-state index contributed by atoms with van der Waals surface area (Å²) in [6.45, 7) is -0.153. The van der Waals surface area contributed by atoms with Crippen LogP contribution in [0.2, 0.25) is 0 Å². The number of carbonyl (C=O) groups excluding carboxylic acids is 3. The second kappa shape index (κ2) is 9.64. The third kappa shape index (κ3) is 7.83. The van der Waals surface area contributed by atoms with Crippen LogP contribution in [-0.4, -0.2) is 49.8 Å².